The molecule has 1 aromatic carbocycles. The SMILES string of the molecule is Cc1nnc(-c2ccccc2NC(=O)c2csc(C(C)(C)C)n2)o1. The van der Waals surface area contributed by atoms with Crippen molar-refractivity contribution in [2.24, 2.45) is 0 Å². The predicted octanol–water partition coefficient (Wildman–Crippen LogP) is 4.05. The Labute approximate surface area is 144 Å². The van der Waals surface area contributed by atoms with E-state index in [-0.39, 0.29) is 11.3 Å². The lowest BCUT2D eigenvalue weighted by Crippen LogP contribution is -2.15. The highest BCUT2D eigenvalue weighted by molar-refractivity contribution is 7.10. The fourth-order valence-corrected chi connectivity index (χ4v) is 2.98. The number of carbonyl (C=O) groups is 1. The van der Waals surface area contributed by atoms with Crippen LogP contribution in [-0.2, 0) is 5.41 Å². The van der Waals surface area contributed by atoms with Gasteiger partial charge in [-0.3, -0.25) is 4.79 Å². The van der Waals surface area contributed by atoms with E-state index in [4.69, 9.17) is 4.42 Å². The lowest BCUT2D eigenvalue weighted by Gasteiger charge is -2.13. The van der Waals surface area contributed by atoms with Gasteiger partial charge >= 0.3 is 0 Å². The third kappa shape index (κ3) is 3.35. The maximum absolute atomic E-state index is 12.5. The number of aromatic nitrogens is 3. The number of hydrogen-bond donors (Lipinski definition) is 1. The van der Waals surface area contributed by atoms with Gasteiger partial charge in [-0.1, -0.05) is 32.9 Å². The second-order valence-corrected chi connectivity index (χ2v) is 7.27. The maximum atomic E-state index is 12.5. The van der Waals surface area contributed by atoms with Gasteiger partial charge < -0.3 is 9.73 Å². The summed E-state index contributed by atoms with van der Waals surface area (Å²) in [5, 5.41) is 13.4. The third-order valence-corrected chi connectivity index (χ3v) is 4.58. The highest BCUT2D eigenvalue weighted by atomic mass is 32.1. The number of thiazole rings is 1. The summed E-state index contributed by atoms with van der Waals surface area (Å²) >= 11 is 1.49. The molecule has 2 aromatic heterocycles. The van der Waals surface area contributed by atoms with Crippen molar-refractivity contribution in [3.05, 3.63) is 46.2 Å². The van der Waals surface area contributed by atoms with Crippen molar-refractivity contribution in [3.63, 3.8) is 0 Å². The molecule has 7 heteroatoms. The average Bonchev–Trinajstić information content (AvgIpc) is 3.16. The number of carbonyl (C=O) groups excluding carboxylic acids is 1. The normalized spacial score (nSPS) is 11.5. The standard InChI is InChI=1S/C17H18N4O2S/c1-10-20-21-15(23-10)11-7-5-6-8-12(11)18-14(22)13-9-24-16(19-13)17(2,3)4/h5-9H,1-4H3,(H,18,22). The van der Waals surface area contributed by atoms with Gasteiger partial charge in [0.1, 0.15) is 5.69 Å². The molecule has 124 valence electrons. The molecule has 24 heavy (non-hydrogen) atoms. The molecule has 0 saturated carbocycles. The van der Waals surface area contributed by atoms with Gasteiger partial charge in [0.05, 0.1) is 16.3 Å². The third-order valence-electron chi connectivity index (χ3n) is 3.31. The molecular weight excluding hydrogens is 324 g/mol. The van der Waals surface area contributed by atoms with Gasteiger partial charge in [-0.2, -0.15) is 0 Å². The van der Waals surface area contributed by atoms with Crippen molar-refractivity contribution < 1.29 is 9.21 Å². The molecule has 0 spiro atoms. The fraction of sp³-hybridized carbons (Fsp3) is 0.294. The average molecular weight is 342 g/mol. The Balaban J connectivity index is 1.86. The van der Waals surface area contributed by atoms with E-state index >= 15 is 0 Å². The molecule has 3 aromatic rings. The van der Waals surface area contributed by atoms with E-state index in [1.807, 2.05) is 18.2 Å². The molecule has 0 unspecified atom stereocenters. The van der Waals surface area contributed by atoms with Gasteiger partial charge in [0.15, 0.2) is 0 Å². The summed E-state index contributed by atoms with van der Waals surface area (Å²) in [6.07, 6.45) is 0. The number of anilines is 1. The summed E-state index contributed by atoms with van der Waals surface area (Å²) in [6.45, 7) is 7.93. The first-order valence-electron chi connectivity index (χ1n) is 7.51. The smallest absolute Gasteiger partial charge is 0.275 e. The van der Waals surface area contributed by atoms with Crippen LogP contribution in [0.3, 0.4) is 0 Å². The number of aryl methyl sites for hydroxylation is 1. The van der Waals surface area contributed by atoms with Crippen molar-refractivity contribution >= 4 is 22.9 Å². The highest BCUT2D eigenvalue weighted by Crippen LogP contribution is 2.28. The minimum Gasteiger partial charge on any atom is -0.421 e. The van der Waals surface area contributed by atoms with Gasteiger partial charge in [-0.15, -0.1) is 21.5 Å². The van der Waals surface area contributed by atoms with E-state index in [1.165, 1.54) is 11.3 Å². The van der Waals surface area contributed by atoms with Crippen LogP contribution < -0.4 is 5.32 Å². The largest absolute Gasteiger partial charge is 0.421 e. The summed E-state index contributed by atoms with van der Waals surface area (Å²) in [6, 6.07) is 7.31. The Bertz CT molecular complexity index is 877. The van der Waals surface area contributed by atoms with Gasteiger partial charge in [-0.05, 0) is 12.1 Å². The predicted molar refractivity (Wildman–Crippen MR) is 93.2 cm³/mol. The van der Waals surface area contributed by atoms with Crippen LogP contribution in [0, 0.1) is 6.92 Å². The number of amides is 1. The van der Waals surface area contributed by atoms with Crippen LogP contribution in [0.1, 0.15) is 42.2 Å². The van der Waals surface area contributed by atoms with Gasteiger partial charge in [0.25, 0.3) is 5.91 Å². The lowest BCUT2D eigenvalue weighted by atomic mass is 9.98. The number of para-hydroxylation sites is 1. The van der Waals surface area contributed by atoms with Gasteiger partial charge in [-0.25, -0.2) is 4.98 Å². The van der Waals surface area contributed by atoms with Crippen LogP contribution >= 0.6 is 11.3 Å². The maximum Gasteiger partial charge on any atom is 0.275 e. The quantitative estimate of drug-likeness (QED) is 0.776. The Morgan fingerprint density at radius 2 is 1.96 bits per heavy atom. The first kappa shape index (κ1) is 16.3. The van der Waals surface area contributed by atoms with E-state index in [0.29, 0.717) is 28.7 Å². The highest BCUT2D eigenvalue weighted by Gasteiger charge is 2.21. The summed E-state index contributed by atoms with van der Waals surface area (Å²) < 4.78 is 5.46. The second kappa shape index (κ2) is 6.16. The molecule has 1 N–H and O–H groups in total. The lowest BCUT2D eigenvalue weighted by molar-refractivity contribution is 0.102. The Morgan fingerprint density at radius 3 is 2.58 bits per heavy atom. The number of hydrogen-bond acceptors (Lipinski definition) is 6. The Kier molecular flexibility index (Phi) is 4.19. The second-order valence-electron chi connectivity index (χ2n) is 6.41. The van der Waals surface area contributed by atoms with Crippen LogP contribution in [0.2, 0.25) is 0 Å². The number of benzene rings is 1. The molecule has 1 amide bonds. The van der Waals surface area contributed by atoms with E-state index < -0.39 is 0 Å². The van der Waals surface area contributed by atoms with Crippen molar-refractivity contribution in [3.8, 4) is 11.5 Å². The molecule has 0 atom stereocenters. The van der Waals surface area contributed by atoms with E-state index in [1.54, 1.807) is 18.4 Å². The summed E-state index contributed by atoms with van der Waals surface area (Å²) in [4.78, 5) is 16.9. The first-order chi connectivity index (χ1) is 11.3. The van der Waals surface area contributed by atoms with Crippen LogP contribution in [0.25, 0.3) is 11.5 Å². The van der Waals surface area contributed by atoms with E-state index in [2.05, 4.69) is 41.3 Å². The molecule has 0 bridgehead atoms. The summed E-state index contributed by atoms with van der Waals surface area (Å²) in [5.74, 6) is 0.586. The molecule has 0 aliphatic carbocycles. The minimum absolute atomic E-state index is 0.0810. The number of rotatable bonds is 3. The molecule has 0 fully saturated rings. The van der Waals surface area contributed by atoms with Crippen molar-refractivity contribution in [1.82, 2.24) is 15.2 Å². The zero-order chi connectivity index (χ0) is 17.3. The van der Waals surface area contributed by atoms with Crippen LogP contribution in [0.4, 0.5) is 5.69 Å². The summed E-state index contributed by atoms with van der Waals surface area (Å²) in [5.41, 5.74) is 1.61. The molecular formula is C17H18N4O2S. The Hall–Kier alpha value is -2.54. The topological polar surface area (TPSA) is 80.9 Å². The summed E-state index contributed by atoms with van der Waals surface area (Å²) in [7, 11) is 0. The minimum atomic E-state index is -0.259. The number of nitrogens with zero attached hydrogens (tertiary/aromatic N) is 3. The van der Waals surface area contributed by atoms with Gasteiger partial charge in [0, 0.05) is 17.7 Å². The zero-order valence-electron chi connectivity index (χ0n) is 14.0. The van der Waals surface area contributed by atoms with Crippen LogP contribution in [0.5, 0.6) is 0 Å². The van der Waals surface area contributed by atoms with Crippen LogP contribution in [0.15, 0.2) is 34.1 Å². The number of nitrogens with one attached hydrogen (secondary N) is 1. The molecule has 2 heterocycles. The van der Waals surface area contributed by atoms with Crippen molar-refractivity contribution in [2.75, 3.05) is 5.32 Å². The molecule has 6 nitrogen and oxygen atoms in total. The van der Waals surface area contributed by atoms with Crippen molar-refractivity contribution in [1.29, 1.82) is 0 Å². The molecule has 0 radical (unpaired) electrons. The Morgan fingerprint density at radius 1 is 1.21 bits per heavy atom. The van der Waals surface area contributed by atoms with E-state index in [0.717, 1.165) is 5.01 Å². The first-order valence-corrected chi connectivity index (χ1v) is 8.39. The molecule has 0 aliphatic heterocycles. The monoisotopic (exact) mass is 342 g/mol. The van der Waals surface area contributed by atoms with E-state index in [9.17, 15) is 4.79 Å². The molecule has 3 rings (SSSR count). The van der Waals surface area contributed by atoms with Crippen molar-refractivity contribution in [2.45, 2.75) is 33.1 Å². The molecule has 0 aliphatic rings. The fourth-order valence-electron chi connectivity index (χ4n) is 2.09. The zero-order valence-corrected chi connectivity index (χ0v) is 14.8. The molecule has 0 saturated heterocycles. The van der Waals surface area contributed by atoms with Crippen LogP contribution in [-0.4, -0.2) is 21.1 Å². The van der Waals surface area contributed by atoms with Gasteiger partial charge in [0.2, 0.25) is 11.8 Å².